The Bertz CT molecular complexity index is 455. The van der Waals surface area contributed by atoms with Crippen molar-refractivity contribution < 1.29 is 19.4 Å². The maximum Gasteiger partial charge on any atom is 0.307 e. The molecule has 2 rings (SSSR count). The first-order chi connectivity index (χ1) is 9.17. The van der Waals surface area contributed by atoms with Crippen molar-refractivity contribution in [3.63, 3.8) is 0 Å². The predicted molar refractivity (Wildman–Crippen MR) is 71.9 cm³/mol. The molecule has 0 radical (unpaired) electrons. The molecule has 19 heavy (non-hydrogen) atoms. The van der Waals surface area contributed by atoms with Crippen LogP contribution in [0.25, 0.3) is 0 Å². The van der Waals surface area contributed by atoms with E-state index in [1.165, 1.54) is 0 Å². The van der Waals surface area contributed by atoms with Gasteiger partial charge >= 0.3 is 5.97 Å². The monoisotopic (exact) mass is 264 g/mol. The Labute approximate surface area is 113 Å². The third-order valence-electron chi connectivity index (χ3n) is 3.27. The van der Waals surface area contributed by atoms with Crippen LogP contribution < -0.4 is 9.47 Å². The van der Waals surface area contributed by atoms with Crippen molar-refractivity contribution in [1.82, 2.24) is 0 Å². The van der Waals surface area contributed by atoms with Gasteiger partial charge in [0.2, 0.25) is 0 Å². The van der Waals surface area contributed by atoms with E-state index >= 15 is 0 Å². The lowest BCUT2D eigenvalue weighted by Crippen LogP contribution is -2.02. The number of ether oxygens (including phenoxy) is 2. The van der Waals surface area contributed by atoms with Gasteiger partial charge < -0.3 is 14.6 Å². The van der Waals surface area contributed by atoms with Crippen molar-refractivity contribution in [1.29, 1.82) is 0 Å². The average Bonchev–Trinajstić information content (AvgIpc) is 3.18. The summed E-state index contributed by atoms with van der Waals surface area (Å²) >= 11 is 0. The fraction of sp³-hybridized carbons (Fsp3) is 0.533. The Kier molecular flexibility index (Phi) is 4.30. The van der Waals surface area contributed by atoms with Crippen LogP contribution in [0, 0.1) is 5.92 Å². The van der Waals surface area contributed by atoms with Gasteiger partial charge in [0.25, 0.3) is 0 Å². The molecule has 0 heterocycles. The number of benzene rings is 1. The van der Waals surface area contributed by atoms with Crippen LogP contribution in [0.2, 0.25) is 0 Å². The van der Waals surface area contributed by atoms with Crippen LogP contribution in [0.3, 0.4) is 0 Å². The topological polar surface area (TPSA) is 55.8 Å². The Balaban J connectivity index is 2.14. The number of rotatable bonds is 7. The van der Waals surface area contributed by atoms with E-state index in [1.807, 2.05) is 25.1 Å². The largest absolute Gasteiger partial charge is 0.490 e. The normalized spacial score (nSPS) is 20.9. The molecule has 1 aliphatic rings. The zero-order valence-corrected chi connectivity index (χ0v) is 11.4. The van der Waals surface area contributed by atoms with E-state index in [4.69, 9.17) is 14.6 Å². The van der Waals surface area contributed by atoms with Crippen LogP contribution in [0.5, 0.6) is 11.5 Å². The van der Waals surface area contributed by atoms with Crippen LogP contribution in [-0.2, 0) is 4.79 Å². The summed E-state index contributed by atoms with van der Waals surface area (Å²) in [5.41, 5.74) is 1.03. The molecule has 4 heteroatoms. The summed E-state index contributed by atoms with van der Waals surface area (Å²) < 4.78 is 11.2. The van der Waals surface area contributed by atoms with Gasteiger partial charge in [-0.15, -0.1) is 0 Å². The summed E-state index contributed by atoms with van der Waals surface area (Å²) in [5, 5.41) is 8.97. The highest BCUT2D eigenvalue weighted by Crippen LogP contribution is 2.49. The van der Waals surface area contributed by atoms with Crippen molar-refractivity contribution in [2.75, 3.05) is 13.2 Å². The van der Waals surface area contributed by atoms with Gasteiger partial charge in [-0.1, -0.05) is 13.0 Å². The van der Waals surface area contributed by atoms with Gasteiger partial charge in [-0.2, -0.15) is 0 Å². The Morgan fingerprint density at radius 3 is 2.68 bits per heavy atom. The van der Waals surface area contributed by atoms with E-state index in [2.05, 4.69) is 6.92 Å². The molecular formula is C15H20O4. The average molecular weight is 264 g/mol. The first kappa shape index (κ1) is 13.7. The second-order valence-electron chi connectivity index (χ2n) is 4.77. The Morgan fingerprint density at radius 1 is 1.32 bits per heavy atom. The number of hydrogen-bond acceptors (Lipinski definition) is 3. The van der Waals surface area contributed by atoms with Gasteiger partial charge in [0.1, 0.15) is 0 Å². The van der Waals surface area contributed by atoms with E-state index in [-0.39, 0.29) is 11.8 Å². The molecule has 0 bridgehead atoms. The molecular weight excluding hydrogens is 244 g/mol. The van der Waals surface area contributed by atoms with Crippen LogP contribution >= 0.6 is 0 Å². The molecule has 1 N–H and O–H groups in total. The molecule has 1 saturated carbocycles. The first-order valence-electron chi connectivity index (χ1n) is 6.79. The van der Waals surface area contributed by atoms with Crippen LogP contribution in [0.15, 0.2) is 18.2 Å². The number of hydrogen-bond donors (Lipinski definition) is 1. The molecule has 2 atom stereocenters. The van der Waals surface area contributed by atoms with E-state index in [1.54, 1.807) is 0 Å². The van der Waals surface area contributed by atoms with Crippen molar-refractivity contribution in [2.45, 2.75) is 32.6 Å². The molecule has 0 aliphatic heterocycles. The molecule has 104 valence electrons. The minimum absolute atomic E-state index is 0.122. The highest BCUT2D eigenvalue weighted by atomic mass is 16.5. The molecule has 0 aromatic heterocycles. The van der Waals surface area contributed by atoms with Gasteiger partial charge in [0, 0.05) is 0 Å². The molecule has 1 aromatic rings. The minimum atomic E-state index is -0.714. The van der Waals surface area contributed by atoms with Crippen LogP contribution in [0.4, 0.5) is 0 Å². The lowest BCUT2D eigenvalue weighted by molar-refractivity contribution is -0.138. The number of carbonyl (C=O) groups is 1. The Morgan fingerprint density at radius 2 is 2.11 bits per heavy atom. The van der Waals surface area contributed by atoms with Gasteiger partial charge in [-0.3, -0.25) is 4.79 Å². The van der Waals surface area contributed by atoms with E-state index < -0.39 is 5.97 Å². The van der Waals surface area contributed by atoms with Gasteiger partial charge in [-0.25, -0.2) is 0 Å². The Hall–Kier alpha value is -1.71. The number of aliphatic carboxylic acids is 1. The summed E-state index contributed by atoms with van der Waals surface area (Å²) in [5.74, 6) is 0.618. The van der Waals surface area contributed by atoms with Crippen molar-refractivity contribution >= 4 is 5.97 Å². The van der Waals surface area contributed by atoms with Gasteiger partial charge in [0.15, 0.2) is 11.5 Å². The summed E-state index contributed by atoms with van der Waals surface area (Å²) in [6.07, 6.45) is 1.66. The van der Waals surface area contributed by atoms with E-state index in [9.17, 15) is 4.79 Å². The van der Waals surface area contributed by atoms with Crippen molar-refractivity contribution in [3.8, 4) is 11.5 Å². The van der Waals surface area contributed by atoms with Gasteiger partial charge in [-0.05, 0) is 43.4 Å². The first-order valence-corrected chi connectivity index (χ1v) is 6.79. The molecule has 2 unspecified atom stereocenters. The summed E-state index contributed by atoms with van der Waals surface area (Å²) in [7, 11) is 0. The smallest absolute Gasteiger partial charge is 0.307 e. The lowest BCUT2D eigenvalue weighted by atomic mass is 10.1. The lowest BCUT2D eigenvalue weighted by Gasteiger charge is -2.12. The summed E-state index contributed by atoms with van der Waals surface area (Å²) in [4.78, 5) is 10.9. The molecule has 1 fully saturated rings. The molecule has 1 aliphatic carbocycles. The van der Waals surface area contributed by atoms with E-state index in [0.29, 0.717) is 19.0 Å². The fourth-order valence-electron chi connectivity index (χ4n) is 2.19. The minimum Gasteiger partial charge on any atom is -0.490 e. The maximum absolute atomic E-state index is 10.9. The zero-order chi connectivity index (χ0) is 13.8. The zero-order valence-electron chi connectivity index (χ0n) is 11.4. The van der Waals surface area contributed by atoms with Crippen LogP contribution in [-0.4, -0.2) is 24.3 Å². The highest BCUT2D eigenvalue weighted by Gasteiger charge is 2.44. The molecule has 4 nitrogen and oxygen atoms in total. The van der Waals surface area contributed by atoms with Crippen LogP contribution in [0.1, 0.15) is 38.2 Å². The third kappa shape index (κ3) is 3.19. The second-order valence-corrected chi connectivity index (χ2v) is 4.77. The molecule has 0 amide bonds. The maximum atomic E-state index is 10.9. The number of carboxylic acid groups (broad SMARTS) is 1. The van der Waals surface area contributed by atoms with Crippen molar-refractivity contribution in [3.05, 3.63) is 23.8 Å². The highest BCUT2D eigenvalue weighted by molar-refractivity contribution is 5.75. The van der Waals surface area contributed by atoms with E-state index in [0.717, 1.165) is 24.2 Å². The summed E-state index contributed by atoms with van der Waals surface area (Å²) in [6, 6.07) is 5.75. The number of carboxylic acids is 1. The third-order valence-corrected chi connectivity index (χ3v) is 3.27. The second kappa shape index (κ2) is 5.95. The summed E-state index contributed by atoms with van der Waals surface area (Å²) in [6.45, 7) is 5.20. The predicted octanol–water partition coefficient (Wildman–Crippen LogP) is 3.06. The molecule has 1 aromatic carbocycles. The molecule has 0 saturated heterocycles. The van der Waals surface area contributed by atoms with Crippen molar-refractivity contribution in [2.24, 2.45) is 5.92 Å². The van der Waals surface area contributed by atoms with Gasteiger partial charge in [0.05, 0.1) is 19.1 Å². The molecule has 0 spiro atoms. The quantitative estimate of drug-likeness (QED) is 0.822. The fourth-order valence-corrected chi connectivity index (χ4v) is 2.19. The SMILES string of the molecule is CCCOc1ccc(C2CC2C(=O)O)cc1OCC. The standard InChI is InChI=1S/C15H20O4/c1-3-7-19-13-6-5-10(8-14(13)18-4-2)11-9-12(11)15(16)17/h5-6,8,11-12H,3-4,7,9H2,1-2H3,(H,16,17).